The number of ether oxygens (including phenoxy) is 1. The first-order valence-electron chi connectivity index (χ1n) is 7.44. The van der Waals surface area contributed by atoms with Crippen molar-refractivity contribution in [2.24, 2.45) is 0 Å². The SMILES string of the molecule is O=C(O)CCN1C(=O)/C(=C/c2ccc(N3CCOCC3)o2)SC1=S. The number of carbonyl (C=O) groups excluding carboxylic acids is 1. The molecule has 0 radical (unpaired) electrons. The Labute approximate surface area is 148 Å². The molecule has 0 atom stereocenters. The maximum atomic E-state index is 12.3. The van der Waals surface area contributed by atoms with Crippen molar-refractivity contribution in [1.82, 2.24) is 4.90 Å². The summed E-state index contributed by atoms with van der Waals surface area (Å²) in [6.45, 7) is 2.94. The lowest BCUT2D eigenvalue weighted by Gasteiger charge is -2.26. The molecule has 2 fully saturated rings. The average molecular weight is 368 g/mol. The van der Waals surface area contributed by atoms with Crippen LogP contribution in [0.4, 0.5) is 5.88 Å². The fraction of sp³-hybridized carbons (Fsp3) is 0.400. The molecule has 0 saturated carbocycles. The number of morpholine rings is 1. The summed E-state index contributed by atoms with van der Waals surface area (Å²) in [4.78, 5) is 26.8. The fourth-order valence-corrected chi connectivity index (χ4v) is 3.69. The minimum atomic E-state index is -0.964. The van der Waals surface area contributed by atoms with Gasteiger partial charge in [0.15, 0.2) is 5.88 Å². The number of nitrogens with zero attached hydrogens (tertiary/aromatic N) is 2. The summed E-state index contributed by atoms with van der Waals surface area (Å²) < 4.78 is 11.5. The number of amides is 1. The topological polar surface area (TPSA) is 83.2 Å². The van der Waals surface area contributed by atoms with Gasteiger partial charge in [-0.05, 0) is 6.07 Å². The van der Waals surface area contributed by atoms with Gasteiger partial charge in [-0.25, -0.2) is 0 Å². The summed E-state index contributed by atoms with van der Waals surface area (Å²) in [6.07, 6.45) is 1.51. The average Bonchev–Trinajstić information content (AvgIpc) is 3.13. The van der Waals surface area contributed by atoms with E-state index in [4.69, 9.17) is 26.5 Å². The molecule has 1 aromatic rings. The molecule has 1 aromatic heterocycles. The number of anilines is 1. The number of thiocarbonyl (C=S) groups is 1. The molecule has 2 aliphatic rings. The molecule has 128 valence electrons. The summed E-state index contributed by atoms with van der Waals surface area (Å²) in [5, 5.41) is 8.74. The molecule has 0 spiro atoms. The minimum absolute atomic E-state index is 0.0779. The molecule has 2 saturated heterocycles. The molecule has 1 N–H and O–H groups in total. The summed E-state index contributed by atoms with van der Waals surface area (Å²) in [6, 6.07) is 3.66. The third-order valence-corrected chi connectivity index (χ3v) is 5.01. The molecule has 0 aromatic carbocycles. The number of carbonyl (C=O) groups is 2. The normalized spacial score (nSPS) is 20.2. The van der Waals surface area contributed by atoms with Crippen molar-refractivity contribution in [1.29, 1.82) is 0 Å². The van der Waals surface area contributed by atoms with E-state index in [1.807, 2.05) is 6.07 Å². The van der Waals surface area contributed by atoms with Crippen molar-refractivity contribution in [3.8, 4) is 0 Å². The zero-order valence-electron chi connectivity index (χ0n) is 12.8. The van der Waals surface area contributed by atoms with Crippen LogP contribution in [0.15, 0.2) is 21.5 Å². The van der Waals surface area contributed by atoms with Crippen LogP contribution in [0.1, 0.15) is 12.2 Å². The maximum Gasteiger partial charge on any atom is 0.305 e. The lowest BCUT2D eigenvalue weighted by atomic mass is 10.3. The van der Waals surface area contributed by atoms with Gasteiger partial charge in [0.25, 0.3) is 5.91 Å². The summed E-state index contributed by atoms with van der Waals surface area (Å²) in [7, 11) is 0. The second-order valence-electron chi connectivity index (χ2n) is 5.25. The zero-order chi connectivity index (χ0) is 17.1. The van der Waals surface area contributed by atoms with Crippen molar-refractivity contribution in [2.75, 3.05) is 37.7 Å². The van der Waals surface area contributed by atoms with E-state index in [9.17, 15) is 9.59 Å². The third kappa shape index (κ3) is 3.80. The lowest BCUT2D eigenvalue weighted by Crippen LogP contribution is -2.35. The fourth-order valence-electron chi connectivity index (χ4n) is 2.40. The highest BCUT2D eigenvalue weighted by molar-refractivity contribution is 8.26. The second-order valence-corrected chi connectivity index (χ2v) is 6.93. The van der Waals surface area contributed by atoms with Crippen LogP contribution in [-0.2, 0) is 14.3 Å². The second kappa shape index (κ2) is 7.37. The molecule has 3 heterocycles. The monoisotopic (exact) mass is 368 g/mol. The molecule has 2 aliphatic heterocycles. The summed E-state index contributed by atoms with van der Waals surface area (Å²) in [5.74, 6) is 0.0610. The van der Waals surface area contributed by atoms with E-state index in [0.717, 1.165) is 30.7 Å². The number of hydrogen-bond donors (Lipinski definition) is 1. The molecule has 0 unspecified atom stereocenters. The summed E-state index contributed by atoms with van der Waals surface area (Å²) >= 11 is 6.31. The minimum Gasteiger partial charge on any atom is -0.481 e. The van der Waals surface area contributed by atoms with Crippen LogP contribution in [0.2, 0.25) is 0 Å². The van der Waals surface area contributed by atoms with Gasteiger partial charge >= 0.3 is 5.97 Å². The van der Waals surface area contributed by atoms with Crippen LogP contribution in [0.25, 0.3) is 6.08 Å². The smallest absolute Gasteiger partial charge is 0.305 e. The van der Waals surface area contributed by atoms with Gasteiger partial charge in [0.05, 0.1) is 24.5 Å². The van der Waals surface area contributed by atoms with Crippen LogP contribution in [-0.4, -0.2) is 59.1 Å². The molecular formula is C15H16N2O5S2. The maximum absolute atomic E-state index is 12.3. The van der Waals surface area contributed by atoms with Crippen LogP contribution in [0.5, 0.6) is 0 Å². The van der Waals surface area contributed by atoms with Gasteiger partial charge < -0.3 is 19.2 Å². The first kappa shape index (κ1) is 17.0. The molecule has 24 heavy (non-hydrogen) atoms. The zero-order valence-corrected chi connectivity index (χ0v) is 14.4. The van der Waals surface area contributed by atoms with Gasteiger partial charge in [-0.1, -0.05) is 24.0 Å². The number of thioether (sulfide) groups is 1. The predicted octanol–water partition coefficient (Wildman–Crippen LogP) is 1.79. The van der Waals surface area contributed by atoms with Crippen LogP contribution in [0.3, 0.4) is 0 Å². The van der Waals surface area contributed by atoms with E-state index >= 15 is 0 Å². The Bertz CT molecular complexity index is 694. The quantitative estimate of drug-likeness (QED) is 0.622. The Kier molecular flexibility index (Phi) is 5.22. The first-order chi connectivity index (χ1) is 11.5. The predicted molar refractivity (Wildman–Crippen MR) is 93.9 cm³/mol. The van der Waals surface area contributed by atoms with E-state index in [0.29, 0.717) is 28.2 Å². The Balaban J connectivity index is 1.70. The van der Waals surface area contributed by atoms with Crippen molar-refractivity contribution in [2.45, 2.75) is 6.42 Å². The number of aliphatic carboxylic acids is 1. The van der Waals surface area contributed by atoms with Gasteiger partial charge in [0, 0.05) is 31.8 Å². The van der Waals surface area contributed by atoms with Crippen molar-refractivity contribution < 1.29 is 23.8 Å². The van der Waals surface area contributed by atoms with E-state index in [-0.39, 0.29) is 18.9 Å². The van der Waals surface area contributed by atoms with Gasteiger partial charge in [0.1, 0.15) is 10.1 Å². The van der Waals surface area contributed by atoms with Gasteiger partial charge in [-0.2, -0.15) is 0 Å². The summed E-state index contributed by atoms with van der Waals surface area (Å²) in [5.41, 5.74) is 0. The number of rotatable bonds is 5. The van der Waals surface area contributed by atoms with Crippen molar-refractivity contribution >= 4 is 52.1 Å². The highest BCUT2D eigenvalue weighted by Gasteiger charge is 2.32. The Morgan fingerprint density at radius 1 is 1.38 bits per heavy atom. The standard InChI is InChI=1S/C15H16N2O5S2/c18-13(19)3-4-17-14(20)11(24-15(17)23)9-10-1-2-12(22-10)16-5-7-21-8-6-16/h1-2,9H,3-8H2,(H,18,19)/b11-9-. The highest BCUT2D eigenvalue weighted by atomic mass is 32.2. The van der Waals surface area contributed by atoms with Gasteiger partial charge in [0.2, 0.25) is 0 Å². The van der Waals surface area contributed by atoms with E-state index in [2.05, 4.69) is 4.90 Å². The molecule has 0 bridgehead atoms. The van der Waals surface area contributed by atoms with E-state index in [1.165, 1.54) is 4.90 Å². The largest absolute Gasteiger partial charge is 0.481 e. The van der Waals surface area contributed by atoms with Crippen molar-refractivity contribution in [3.05, 3.63) is 22.8 Å². The first-order valence-corrected chi connectivity index (χ1v) is 8.67. The Hall–Kier alpha value is -1.84. The molecule has 0 aliphatic carbocycles. The molecule has 1 amide bonds. The van der Waals surface area contributed by atoms with E-state index < -0.39 is 5.97 Å². The lowest BCUT2D eigenvalue weighted by molar-refractivity contribution is -0.137. The molecular weight excluding hydrogens is 352 g/mol. The number of carboxylic acids is 1. The Morgan fingerprint density at radius 2 is 2.12 bits per heavy atom. The molecule has 7 nitrogen and oxygen atoms in total. The Morgan fingerprint density at radius 3 is 2.83 bits per heavy atom. The number of carboxylic acid groups (broad SMARTS) is 1. The molecule has 9 heteroatoms. The number of furan rings is 1. The van der Waals surface area contributed by atoms with E-state index in [1.54, 1.807) is 12.1 Å². The van der Waals surface area contributed by atoms with Crippen LogP contribution in [0, 0.1) is 0 Å². The van der Waals surface area contributed by atoms with Crippen LogP contribution < -0.4 is 4.90 Å². The van der Waals surface area contributed by atoms with Crippen LogP contribution >= 0.6 is 24.0 Å². The molecule has 3 rings (SSSR count). The highest BCUT2D eigenvalue weighted by Crippen LogP contribution is 2.33. The van der Waals surface area contributed by atoms with Gasteiger partial charge in [-0.15, -0.1) is 0 Å². The van der Waals surface area contributed by atoms with Crippen molar-refractivity contribution in [3.63, 3.8) is 0 Å². The number of hydrogen-bond acceptors (Lipinski definition) is 7. The third-order valence-electron chi connectivity index (χ3n) is 3.63. The van der Waals surface area contributed by atoms with Gasteiger partial charge in [-0.3, -0.25) is 14.5 Å².